The Kier molecular flexibility index (Phi) is 4.59. The smallest absolute Gasteiger partial charge is 0.384 e. The summed E-state index contributed by atoms with van der Waals surface area (Å²) in [6, 6.07) is 3.94. The Labute approximate surface area is 119 Å². The normalized spacial score (nSPS) is 17.1. The van der Waals surface area contributed by atoms with Gasteiger partial charge in [0.1, 0.15) is 5.84 Å². The number of nitrogens with one attached hydrogen (secondary N) is 1. The Bertz CT molecular complexity index is 499. The van der Waals surface area contributed by atoms with Crippen LogP contribution < -0.4 is 5.73 Å². The molecule has 3 nitrogen and oxygen atoms in total. The zero-order valence-corrected chi connectivity index (χ0v) is 11.5. The van der Waals surface area contributed by atoms with Gasteiger partial charge in [-0.15, -0.1) is 11.8 Å². The molecule has 0 aromatic heterocycles. The lowest BCUT2D eigenvalue weighted by molar-refractivity contribution is -0.137. The largest absolute Gasteiger partial charge is 0.417 e. The molecule has 1 aromatic carbocycles. The second-order valence-electron chi connectivity index (χ2n) is 4.55. The summed E-state index contributed by atoms with van der Waals surface area (Å²) in [5.74, 6) is -0.569. The third-order valence-electron chi connectivity index (χ3n) is 3.06. The van der Waals surface area contributed by atoms with Crippen LogP contribution in [0.1, 0.15) is 24.0 Å². The highest BCUT2D eigenvalue weighted by molar-refractivity contribution is 8.00. The first-order valence-electron chi connectivity index (χ1n) is 6.18. The van der Waals surface area contributed by atoms with Gasteiger partial charge < -0.3 is 10.5 Å². The summed E-state index contributed by atoms with van der Waals surface area (Å²) < 4.78 is 44.2. The minimum Gasteiger partial charge on any atom is -0.384 e. The van der Waals surface area contributed by atoms with Crippen molar-refractivity contribution in [1.82, 2.24) is 0 Å². The van der Waals surface area contributed by atoms with Gasteiger partial charge in [0.15, 0.2) is 0 Å². The molecule has 1 aliphatic heterocycles. The number of ether oxygens (including phenoxy) is 1. The minimum atomic E-state index is -4.51. The van der Waals surface area contributed by atoms with Crippen LogP contribution >= 0.6 is 11.8 Å². The lowest BCUT2D eigenvalue weighted by Gasteiger charge is -2.22. The molecule has 1 heterocycles. The van der Waals surface area contributed by atoms with Gasteiger partial charge in [-0.25, -0.2) is 0 Å². The maximum Gasteiger partial charge on any atom is 0.417 e. The van der Waals surface area contributed by atoms with Crippen LogP contribution in [0.5, 0.6) is 0 Å². The molecule has 1 fully saturated rings. The standard InChI is InChI=1S/C13H15F3N2OS/c14-13(15,16)11-7-9(1-2-10(11)12(17)18)20-8-3-5-19-6-4-8/h1-2,7-8H,3-6H2,(H3,17,18). The summed E-state index contributed by atoms with van der Waals surface area (Å²) >= 11 is 1.42. The van der Waals surface area contributed by atoms with Gasteiger partial charge in [0, 0.05) is 28.9 Å². The molecule has 0 spiro atoms. The number of rotatable bonds is 3. The summed E-state index contributed by atoms with van der Waals surface area (Å²) in [5.41, 5.74) is 4.09. The fourth-order valence-corrected chi connectivity index (χ4v) is 3.20. The summed E-state index contributed by atoms with van der Waals surface area (Å²) in [6.45, 7) is 1.30. The van der Waals surface area contributed by atoms with E-state index in [0.717, 1.165) is 18.9 Å². The summed E-state index contributed by atoms with van der Waals surface area (Å²) in [6.07, 6.45) is -2.84. The highest BCUT2D eigenvalue weighted by Gasteiger charge is 2.34. The molecule has 0 unspecified atom stereocenters. The molecule has 20 heavy (non-hydrogen) atoms. The lowest BCUT2D eigenvalue weighted by Crippen LogP contribution is -2.19. The Morgan fingerprint density at radius 2 is 1.95 bits per heavy atom. The van der Waals surface area contributed by atoms with Crippen molar-refractivity contribution in [2.24, 2.45) is 5.73 Å². The summed E-state index contributed by atoms with van der Waals surface area (Å²) in [4.78, 5) is 0.550. The molecule has 1 aromatic rings. The first kappa shape index (κ1) is 15.2. The van der Waals surface area contributed by atoms with Gasteiger partial charge in [-0.3, -0.25) is 5.41 Å². The van der Waals surface area contributed by atoms with E-state index < -0.39 is 17.6 Å². The number of hydrogen-bond donors (Lipinski definition) is 2. The van der Waals surface area contributed by atoms with Crippen LogP contribution in [0.2, 0.25) is 0 Å². The van der Waals surface area contributed by atoms with Crippen LogP contribution in [0.15, 0.2) is 23.1 Å². The van der Waals surface area contributed by atoms with Gasteiger partial charge in [0.25, 0.3) is 0 Å². The Hall–Kier alpha value is -1.21. The van der Waals surface area contributed by atoms with Crippen LogP contribution in [0.25, 0.3) is 0 Å². The molecular formula is C13H15F3N2OS. The van der Waals surface area contributed by atoms with E-state index in [-0.39, 0.29) is 10.8 Å². The number of nitrogen functional groups attached to an aromatic ring is 1. The van der Waals surface area contributed by atoms with Crippen LogP contribution in [0, 0.1) is 5.41 Å². The maximum atomic E-state index is 13.0. The number of alkyl halides is 3. The Balaban J connectivity index is 2.25. The van der Waals surface area contributed by atoms with Crippen molar-refractivity contribution in [2.75, 3.05) is 13.2 Å². The van der Waals surface area contributed by atoms with Crippen LogP contribution in [0.3, 0.4) is 0 Å². The van der Waals surface area contributed by atoms with E-state index in [2.05, 4.69) is 0 Å². The predicted octanol–water partition coefficient (Wildman–Crippen LogP) is 3.26. The predicted molar refractivity (Wildman–Crippen MR) is 72.2 cm³/mol. The van der Waals surface area contributed by atoms with Gasteiger partial charge >= 0.3 is 6.18 Å². The van der Waals surface area contributed by atoms with Crippen LogP contribution in [-0.4, -0.2) is 24.3 Å². The van der Waals surface area contributed by atoms with E-state index >= 15 is 0 Å². The van der Waals surface area contributed by atoms with Crippen molar-refractivity contribution < 1.29 is 17.9 Å². The SMILES string of the molecule is N=C(N)c1ccc(SC2CCOCC2)cc1C(F)(F)F. The molecule has 110 valence electrons. The van der Waals surface area contributed by atoms with Gasteiger partial charge in [-0.2, -0.15) is 13.2 Å². The van der Waals surface area contributed by atoms with Crippen molar-refractivity contribution in [3.05, 3.63) is 29.3 Å². The Morgan fingerprint density at radius 1 is 1.30 bits per heavy atom. The first-order chi connectivity index (χ1) is 9.38. The monoisotopic (exact) mass is 304 g/mol. The van der Waals surface area contributed by atoms with E-state index in [1.807, 2.05) is 0 Å². The molecule has 1 saturated heterocycles. The number of thioether (sulfide) groups is 1. The molecule has 0 atom stereocenters. The average Bonchev–Trinajstić information content (AvgIpc) is 2.38. The highest BCUT2D eigenvalue weighted by Crippen LogP contribution is 2.37. The summed E-state index contributed by atoms with van der Waals surface area (Å²) in [7, 11) is 0. The molecule has 0 saturated carbocycles. The molecule has 3 N–H and O–H groups in total. The molecule has 0 aliphatic carbocycles. The Morgan fingerprint density at radius 3 is 2.50 bits per heavy atom. The minimum absolute atomic E-state index is 0.270. The molecular weight excluding hydrogens is 289 g/mol. The second-order valence-corrected chi connectivity index (χ2v) is 5.92. The van der Waals surface area contributed by atoms with Crippen molar-refractivity contribution in [1.29, 1.82) is 5.41 Å². The first-order valence-corrected chi connectivity index (χ1v) is 7.06. The lowest BCUT2D eigenvalue weighted by atomic mass is 10.1. The van der Waals surface area contributed by atoms with Crippen LogP contribution in [0.4, 0.5) is 13.2 Å². The van der Waals surface area contributed by atoms with Crippen LogP contribution in [-0.2, 0) is 10.9 Å². The van der Waals surface area contributed by atoms with E-state index in [0.29, 0.717) is 18.1 Å². The third kappa shape index (κ3) is 3.67. The quantitative estimate of drug-likeness (QED) is 0.665. The van der Waals surface area contributed by atoms with E-state index in [1.165, 1.54) is 17.8 Å². The molecule has 0 radical (unpaired) electrons. The van der Waals surface area contributed by atoms with Crippen molar-refractivity contribution in [2.45, 2.75) is 29.2 Å². The number of halogens is 3. The number of benzene rings is 1. The van der Waals surface area contributed by atoms with Crippen molar-refractivity contribution in [3.8, 4) is 0 Å². The van der Waals surface area contributed by atoms with E-state index in [1.54, 1.807) is 6.07 Å². The van der Waals surface area contributed by atoms with Crippen molar-refractivity contribution in [3.63, 3.8) is 0 Å². The topological polar surface area (TPSA) is 59.1 Å². The molecule has 1 aliphatic rings. The number of amidine groups is 1. The zero-order valence-electron chi connectivity index (χ0n) is 10.7. The zero-order chi connectivity index (χ0) is 14.8. The van der Waals surface area contributed by atoms with Crippen molar-refractivity contribution >= 4 is 17.6 Å². The van der Waals surface area contributed by atoms with E-state index in [9.17, 15) is 13.2 Å². The molecule has 0 bridgehead atoms. The van der Waals surface area contributed by atoms with Gasteiger partial charge in [0.2, 0.25) is 0 Å². The fraction of sp³-hybridized carbons (Fsp3) is 0.462. The fourth-order valence-electron chi connectivity index (χ4n) is 2.05. The van der Waals surface area contributed by atoms with E-state index in [4.69, 9.17) is 15.9 Å². The molecule has 2 rings (SSSR count). The molecule has 0 amide bonds. The number of nitrogens with two attached hydrogens (primary N) is 1. The average molecular weight is 304 g/mol. The third-order valence-corrected chi connectivity index (χ3v) is 4.39. The molecule has 7 heteroatoms. The number of hydrogen-bond acceptors (Lipinski definition) is 3. The maximum absolute atomic E-state index is 13.0. The second kappa shape index (κ2) is 6.05. The van der Waals surface area contributed by atoms with Gasteiger partial charge in [-0.1, -0.05) is 0 Å². The van der Waals surface area contributed by atoms with Gasteiger partial charge in [-0.05, 0) is 31.0 Å². The highest BCUT2D eigenvalue weighted by atomic mass is 32.2. The summed E-state index contributed by atoms with van der Waals surface area (Å²) in [5, 5.41) is 7.51. The van der Waals surface area contributed by atoms with Gasteiger partial charge in [0.05, 0.1) is 5.56 Å².